The third-order valence-corrected chi connectivity index (χ3v) is 2.89. The molecule has 0 saturated heterocycles. The average molecular weight is 258 g/mol. The maximum Gasteiger partial charge on any atom is 0.0716 e. The van der Waals surface area contributed by atoms with E-state index < -0.39 is 0 Å². The lowest BCUT2D eigenvalue weighted by molar-refractivity contribution is 0.184. The lowest BCUT2D eigenvalue weighted by atomic mass is 10.0. The summed E-state index contributed by atoms with van der Waals surface area (Å²) in [5.41, 5.74) is 8.07. The summed E-state index contributed by atoms with van der Waals surface area (Å²) < 4.78 is 6.30. The van der Waals surface area contributed by atoms with Gasteiger partial charge in [-0.15, -0.1) is 0 Å². The van der Waals surface area contributed by atoms with Crippen LogP contribution in [0.5, 0.6) is 0 Å². The van der Waals surface area contributed by atoms with Crippen LogP contribution in [-0.2, 0) is 17.8 Å². The number of hydrogen-bond acceptors (Lipinski definition) is 2. The second-order valence-corrected chi connectivity index (χ2v) is 4.06. The van der Waals surface area contributed by atoms with Crippen molar-refractivity contribution in [2.75, 3.05) is 13.7 Å². The van der Waals surface area contributed by atoms with Gasteiger partial charge in [-0.1, -0.05) is 28.1 Å². The molecular formula is C11H16BrNO. The molecule has 0 bridgehead atoms. The highest BCUT2D eigenvalue weighted by molar-refractivity contribution is 9.10. The highest BCUT2D eigenvalue weighted by atomic mass is 79.9. The van der Waals surface area contributed by atoms with Crippen molar-refractivity contribution < 1.29 is 4.74 Å². The normalized spacial score (nSPS) is 10.5. The Morgan fingerprint density at radius 2 is 2.21 bits per heavy atom. The topological polar surface area (TPSA) is 35.2 Å². The molecule has 1 aromatic carbocycles. The Morgan fingerprint density at radius 3 is 2.86 bits per heavy atom. The largest absolute Gasteiger partial charge is 0.380 e. The summed E-state index contributed by atoms with van der Waals surface area (Å²) in [6, 6.07) is 6.19. The van der Waals surface area contributed by atoms with E-state index in [1.807, 2.05) is 6.07 Å². The van der Waals surface area contributed by atoms with Crippen LogP contribution in [0.2, 0.25) is 0 Å². The van der Waals surface area contributed by atoms with E-state index in [4.69, 9.17) is 10.5 Å². The van der Waals surface area contributed by atoms with Crippen molar-refractivity contribution in [2.24, 2.45) is 5.73 Å². The van der Waals surface area contributed by atoms with Crippen LogP contribution in [0.3, 0.4) is 0 Å². The molecule has 0 atom stereocenters. The van der Waals surface area contributed by atoms with Gasteiger partial charge in [0.05, 0.1) is 6.61 Å². The zero-order chi connectivity index (χ0) is 10.4. The van der Waals surface area contributed by atoms with Gasteiger partial charge in [0.2, 0.25) is 0 Å². The Morgan fingerprint density at radius 1 is 1.43 bits per heavy atom. The molecular weight excluding hydrogens is 242 g/mol. The first-order valence-corrected chi connectivity index (χ1v) is 5.54. The third kappa shape index (κ3) is 3.08. The summed E-state index contributed by atoms with van der Waals surface area (Å²) in [6.45, 7) is 1.40. The Hall–Kier alpha value is -0.380. The van der Waals surface area contributed by atoms with Gasteiger partial charge in [0.25, 0.3) is 0 Å². The molecule has 0 heterocycles. The smallest absolute Gasteiger partial charge is 0.0716 e. The molecule has 0 spiro atoms. The van der Waals surface area contributed by atoms with Gasteiger partial charge in [-0.25, -0.2) is 0 Å². The maximum absolute atomic E-state index is 5.50. The van der Waals surface area contributed by atoms with Gasteiger partial charge in [0.15, 0.2) is 0 Å². The minimum Gasteiger partial charge on any atom is -0.380 e. The van der Waals surface area contributed by atoms with E-state index in [0.29, 0.717) is 6.61 Å². The summed E-state index contributed by atoms with van der Waals surface area (Å²) in [7, 11) is 1.72. The van der Waals surface area contributed by atoms with Crippen molar-refractivity contribution in [1.82, 2.24) is 0 Å². The SMILES string of the molecule is COCc1cccc(Br)c1CCCN. The summed E-state index contributed by atoms with van der Waals surface area (Å²) in [5, 5.41) is 0. The zero-order valence-electron chi connectivity index (χ0n) is 8.42. The number of nitrogens with two attached hydrogens (primary N) is 1. The molecule has 0 aliphatic carbocycles. The van der Waals surface area contributed by atoms with Crippen LogP contribution in [0.25, 0.3) is 0 Å². The molecule has 0 radical (unpaired) electrons. The quantitative estimate of drug-likeness (QED) is 0.880. The highest BCUT2D eigenvalue weighted by Gasteiger charge is 2.05. The predicted octanol–water partition coefficient (Wildman–Crippen LogP) is 2.49. The predicted molar refractivity (Wildman–Crippen MR) is 62.2 cm³/mol. The molecule has 78 valence electrons. The average Bonchev–Trinajstić information content (AvgIpc) is 2.18. The van der Waals surface area contributed by atoms with Gasteiger partial charge < -0.3 is 10.5 Å². The van der Waals surface area contributed by atoms with E-state index in [2.05, 4.69) is 28.1 Å². The van der Waals surface area contributed by atoms with Crippen molar-refractivity contribution in [3.8, 4) is 0 Å². The fourth-order valence-electron chi connectivity index (χ4n) is 1.45. The minimum atomic E-state index is 0.666. The van der Waals surface area contributed by atoms with E-state index in [1.54, 1.807) is 7.11 Å². The number of methoxy groups -OCH3 is 1. The minimum absolute atomic E-state index is 0.666. The molecule has 0 aliphatic heterocycles. The standard InChI is InChI=1S/C11H16BrNO/c1-14-8-9-4-2-6-11(12)10(9)5-3-7-13/h2,4,6H,3,5,7-8,13H2,1H3. The van der Waals surface area contributed by atoms with Crippen molar-refractivity contribution in [1.29, 1.82) is 0 Å². The number of ether oxygens (including phenoxy) is 1. The van der Waals surface area contributed by atoms with Crippen LogP contribution < -0.4 is 5.73 Å². The van der Waals surface area contributed by atoms with Gasteiger partial charge in [0.1, 0.15) is 0 Å². The third-order valence-electron chi connectivity index (χ3n) is 2.15. The maximum atomic E-state index is 5.50. The molecule has 0 fully saturated rings. The lowest BCUT2D eigenvalue weighted by Crippen LogP contribution is -2.03. The summed E-state index contributed by atoms with van der Waals surface area (Å²) in [6.07, 6.45) is 2.02. The van der Waals surface area contributed by atoms with E-state index in [1.165, 1.54) is 11.1 Å². The summed E-state index contributed by atoms with van der Waals surface area (Å²) in [4.78, 5) is 0. The molecule has 2 N–H and O–H groups in total. The first kappa shape index (κ1) is 11.7. The monoisotopic (exact) mass is 257 g/mol. The molecule has 0 amide bonds. The van der Waals surface area contributed by atoms with Gasteiger partial charge in [-0.3, -0.25) is 0 Å². The molecule has 1 aromatic rings. The van der Waals surface area contributed by atoms with Crippen molar-refractivity contribution in [3.05, 3.63) is 33.8 Å². The van der Waals surface area contributed by atoms with Crippen LogP contribution in [0.15, 0.2) is 22.7 Å². The molecule has 14 heavy (non-hydrogen) atoms. The second kappa shape index (κ2) is 6.17. The molecule has 0 aromatic heterocycles. The highest BCUT2D eigenvalue weighted by Crippen LogP contribution is 2.22. The van der Waals surface area contributed by atoms with Crippen LogP contribution in [0.4, 0.5) is 0 Å². The summed E-state index contributed by atoms with van der Waals surface area (Å²) in [5.74, 6) is 0. The molecule has 3 heteroatoms. The fourth-order valence-corrected chi connectivity index (χ4v) is 2.06. The van der Waals surface area contributed by atoms with E-state index >= 15 is 0 Å². The molecule has 0 aliphatic rings. The van der Waals surface area contributed by atoms with E-state index in [0.717, 1.165) is 23.9 Å². The number of rotatable bonds is 5. The van der Waals surface area contributed by atoms with Gasteiger partial charge in [0, 0.05) is 11.6 Å². The van der Waals surface area contributed by atoms with Gasteiger partial charge in [-0.2, -0.15) is 0 Å². The van der Waals surface area contributed by atoms with E-state index in [9.17, 15) is 0 Å². The van der Waals surface area contributed by atoms with Crippen LogP contribution in [0.1, 0.15) is 17.5 Å². The second-order valence-electron chi connectivity index (χ2n) is 3.20. The molecule has 1 rings (SSSR count). The molecule has 2 nitrogen and oxygen atoms in total. The number of benzene rings is 1. The Labute approximate surface area is 93.6 Å². The lowest BCUT2D eigenvalue weighted by Gasteiger charge is -2.10. The Kier molecular flexibility index (Phi) is 5.15. The number of hydrogen-bond donors (Lipinski definition) is 1. The van der Waals surface area contributed by atoms with E-state index in [-0.39, 0.29) is 0 Å². The Balaban J connectivity index is 2.84. The van der Waals surface area contributed by atoms with Crippen molar-refractivity contribution in [3.63, 3.8) is 0 Å². The molecule has 0 saturated carbocycles. The van der Waals surface area contributed by atoms with Gasteiger partial charge in [-0.05, 0) is 36.6 Å². The van der Waals surface area contributed by atoms with Crippen molar-refractivity contribution >= 4 is 15.9 Å². The molecule has 0 unspecified atom stereocenters. The van der Waals surface area contributed by atoms with Crippen molar-refractivity contribution in [2.45, 2.75) is 19.4 Å². The summed E-state index contributed by atoms with van der Waals surface area (Å²) >= 11 is 3.55. The van der Waals surface area contributed by atoms with Crippen LogP contribution in [-0.4, -0.2) is 13.7 Å². The van der Waals surface area contributed by atoms with Crippen LogP contribution >= 0.6 is 15.9 Å². The Bertz CT molecular complexity index is 289. The zero-order valence-corrected chi connectivity index (χ0v) is 10.0. The number of halogens is 1. The van der Waals surface area contributed by atoms with Crippen LogP contribution in [0, 0.1) is 0 Å². The first-order chi connectivity index (χ1) is 6.79. The fraction of sp³-hybridized carbons (Fsp3) is 0.455. The first-order valence-electron chi connectivity index (χ1n) is 4.75. The van der Waals surface area contributed by atoms with Gasteiger partial charge >= 0.3 is 0 Å².